The summed E-state index contributed by atoms with van der Waals surface area (Å²) in [5.74, 6) is -0.292. The Morgan fingerprint density at radius 1 is 1.18 bits per heavy atom. The summed E-state index contributed by atoms with van der Waals surface area (Å²) in [6.07, 6.45) is 4.09. The monoisotopic (exact) mass is 420 g/mol. The summed E-state index contributed by atoms with van der Waals surface area (Å²) >= 11 is 2.92. The zero-order valence-corrected chi connectivity index (χ0v) is 17.5. The van der Waals surface area contributed by atoms with Crippen molar-refractivity contribution in [1.29, 1.82) is 0 Å². The van der Waals surface area contributed by atoms with E-state index in [0.717, 1.165) is 41.1 Å². The van der Waals surface area contributed by atoms with Crippen molar-refractivity contribution in [3.05, 3.63) is 22.4 Å². The van der Waals surface area contributed by atoms with Crippen LogP contribution in [0.5, 0.6) is 0 Å². The Balaban J connectivity index is 1.65. The van der Waals surface area contributed by atoms with Crippen molar-refractivity contribution in [3.8, 4) is 10.6 Å². The van der Waals surface area contributed by atoms with E-state index in [1.54, 1.807) is 11.3 Å². The summed E-state index contributed by atoms with van der Waals surface area (Å²) in [6, 6.07) is 3.40. The van der Waals surface area contributed by atoms with E-state index in [1.165, 1.54) is 25.2 Å². The minimum atomic E-state index is -0.515. The average molecular weight is 421 g/mol. The molecule has 3 rings (SSSR count). The highest BCUT2D eigenvalue weighted by molar-refractivity contribution is 7.17. The van der Waals surface area contributed by atoms with Crippen molar-refractivity contribution in [2.24, 2.45) is 5.92 Å². The highest BCUT2D eigenvalue weighted by Crippen LogP contribution is 2.32. The first-order chi connectivity index (χ1) is 13.4. The van der Waals surface area contributed by atoms with Gasteiger partial charge in [-0.3, -0.25) is 14.4 Å². The van der Waals surface area contributed by atoms with Gasteiger partial charge in [0.1, 0.15) is 6.04 Å². The Morgan fingerprint density at radius 2 is 1.93 bits per heavy atom. The normalized spacial score (nSPS) is 15.2. The molecule has 1 atom stereocenters. The Kier molecular flexibility index (Phi) is 6.79. The van der Waals surface area contributed by atoms with Crippen LogP contribution in [-0.4, -0.2) is 28.7 Å². The molecular formula is C19H24N4O3S2. The van der Waals surface area contributed by atoms with Crippen LogP contribution < -0.4 is 16.0 Å². The zero-order valence-electron chi connectivity index (χ0n) is 15.9. The van der Waals surface area contributed by atoms with Crippen molar-refractivity contribution in [2.45, 2.75) is 52.1 Å². The number of aromatic nitrogens is 1. The van der Waals surface area contributed by atoms with Crippen LogP contribution >= 0.6 is 22.7 Å². The Hall–Kier alpha value is -2.26. The molecule has 1 aliphatic rings. The molecule has 0 aliphatic heterocycles. The first kappa shape index (κ1) is 20.5. The first-order valence-corrected chi connectivity index (χ1v) is 11.0. The third-order valence-corrected chi connectivity index (χ3v) is 6.54. The van der Waals surface area contributed by atoms with Gasteiger partial charge in [-0.15, -0.1) is 22.7 Å². The number of nitrogens with one attached hydrogen (secondary N) is 3. The number of thiazole rings is 1. The number of carbonyl (C=O) groups is 3. The lowest BCUT2D eigenvalue weighted by Gasteiger charge is -2.22. The van der Waals surface area contributed by atoms with Gasteiger partial charge in [-0.2, -0.15) is 0 Å². The van der Waals surface area contributed by atoms with Crippen molar-refractivity contribution in [2.75, 3.05) is 5.32 Å². The van der Waals surface area contributed by atoms with Crippen LogP contribution in [0.1, 0.15) is 44.4 Å². The largest absolute Gasteiger partial charge is 0.351 e. The molecule has 1 unspecified atom stereocenters. The maximum Gasteiger partial charge on any atom is 0.249 e. The molecule has 0 bridgehead atoms. The fraction of sp³-hybridized carbons (Fsp3) is 0.474. The van der Waals surface area contributed by atoms with Gasteiger partial charge in [-0.1, -0.05) is 12.8 Å². The number of anilines is 1. The molecule has 1 saturated carbocycles. The fourth-order valence-corrected chi connectivity index (χ4v) is 5.05. The molecule has 7 nitrogen and oxygen atoms in total. The van der Waals surface area contributed by atoms with Gasteiger partial charge < -0.3 is 16.0 Å². The average Bonchev–Trinajstić information content (AvgIpc) is 3.38. The van der Waals surface area contributed by atoms with Crippen LogP contribution in [0, 0.1) is 5.92 Å². The molecule has 3 N–H and O–H groups in total. The lowest BCUT2D eigenvalue weighted by molar-refractivity contribution is -0.126. The lowest BCUT2D eigenvalue weighted by Crippen LogP contribution is -2.47. The molecule has 1 fully saturated rings. The molecule has 0 aromatic carbocycles. The quantitative estimate of drug-likeness (QED) is 0.641. The number of thiophene rings is 1. The van der Waals surface area contributed by atoms with E-state index in [2.05, 4.69) is 20.9 Å². The van der Waals surface area contributed by atoms with Crippen LogP contribution in [0.25, 0.3) is 10.6 Å². The van der Waals surface area contributed by atoms with Crippen molar-refractivity contribution in [1.82, 2.24) is 15.6 Å². The van der Waals surface area contributed by atoms with Gasteiger partial charge in [0.15, 0.2) is 5.13 Å². The molecule has 0 saturated heterocycles. The second-order valence-electron chi connectivity index (χ2n) is 6.93. The van der Waals surface area contributed by atoms with E-state index < -0.39 is 6.04 Å². The molecular weight excluding hydrogens is 396 g/mol. The van der Waals surface area contributed by atoms with Gasteiger partial charge in [0, 0.05) is 24.1 Å². The van der Waals surface area contributed by atoms with Gasteiger partial charge in [0.05, 0.1) is 17.1 Å². The topological polar surface area (TPSA) is 100 Å². The number of hydrogen-bond donors (Lipinski definition) is 3. The van der Waals surface area contributed by atoms with Gasteiger partial charge in [0.2, 0.25) is 17.7 Å². The van der Waals surface area contributed by atoms with Gasteiger partial charge in [0.25, 0.3) is 0 Å². The predicted octanol–water partition coefficient (Wildman–Crippen LogP) is 3.14. The van der Waals surface area contributed by atoms with E-state index in [0.29, 0.717) is 11.7 Å². The maximum atomic E-state index is 12.7. The highest BCUT2D eigenvalue weighted by atomic mass is 32.1. The van der Waals surface area contributed by atoms with Crippen LogP contribution in [0.15, 0.2) is 17.5 Å². The third-order valence-electron chi connectivity index (χ3n) is 4.67. The summed E-state index contributed by atoms with van der Waals surface area (Å²) < 4.78 is 0. The van der Waals surface area contributed by atoms with E-state index in [9.17, 15) is 14.4 Å². The van der Waals surface area contributed by atoms with E-state index in [-0.39, 0.29) is 23.6 Å². The Morgan fingerprint density at radius 3 is 2.61 bits per heavy atom. The number of rotatable bonds is 7. The number of amides is 3. The van der Waals surface area contributed by atoms with Crippen molar-refractivity contribution in [3.63, 3.8) is 0 Å². The van der Waals surface area contributed by atoms with Gasteiger partial charge >= 0.3 is 0 Å². The molecule has 0 spiro atoms. The molecule has 0 radical (unpaired) electrons. The van der Waals surface area contributed by atoms with E-state index in [4.69, 9.17) is 0 Å². The Labute approximate surface area is 171 Å². The maximum absolute atomic E-state index is 12.7. The van der Waals surface area contributed by atoms with E-state index >= 15 is 0 Å². The minimum Gasteiger partial charge on any atom is -0.351 e. The van der Waals surface area contributed by atoms with Crippen LogP contribution in [0.2, 0.25) is 0 Å². The van der Waals surface area contributed by atoms with Gasteiger partial charge in [-0.25, -0.2) is 4.98 Å². The molecule has 9 heteroatoms. The van der Waals surface area contributed by atoms with Crippen LogP contribution in [0.4, 0.5) is 5.13 Å². The first-order valence-electron chi connectivity index (χ1n) is 9.29. The number of carbonyl (C=O) groups excluding carboxylic acids is 3. The standard InChI is InChI=1S/C19H24N4O3S2/c1-11(24)20-9-14-7-8-16(28-14)15-10-27-19(22-15)23-18(26)17(21-12(2)25)13-5-3-4-6-13/h7-8,10,13,17H,3-6,9H2,1-2H3,(H,20,24)(H,21,25)(H,22,23,26). The zero-order chi connectivity index (χ0) is 20.1. The summed E-state index contributed by atoms with van der Waals surface area (Å²) in [7, 11) is 0. The predicted molar refractivity (Wildman–Crippen MR) is 111 cm³/mol. The molecule has 2 aromatic rings. The van der Waals surface area contributed by atoms with E-state index in [1.807, 2.05) is 17.5 Å². The molecule has 3 amide bonds. The van der Waals surface area contributed by atoms with Crippen LogP contribution in [-0.2, 0) is 20.9 Å². The molecule has 150 valence electrons. The van der Waals surface area contributed by atoms with Crippen LogP contribution in [0.3, 0.4) is 0 Å². The second-order valence-corrected chi connectivity index (χ2v) is 8.95. The number of nitrogens with zero attached hydrogens (tertiary/aromatic N) is 1. The summed E-state index contributed by atoms with van der Waals surface area (Å²) in [5, 5.41) is 10.9. The summed E-state index contributed by atoms with van der Waals surface area (Å²) in [5.41, 5.74) is 0.788. The third kappa shape index (κ3) is 5.39. The SMILES string of the molecule is CC(=O)NCc1ccc(-c2csc(NC(=O)C(NC(C)=O)C3CCCC3)n2)s1. The molecule has 2 aromatic heterocycles. The summed E-state index contributed by atoms with van der Waals surface area (Å²) in [6.45, 7) is 3.42. The summed E-state index contributed by atoms with van der Waals surface area (Å²) in [4.78, 5) is 41.8. The fourth-order valence-electron chi connectivity index (χ4n) is 3.36. The molecule has 2 heterocycles. The van der Waals surface area contributed by atoms with Crippen molar-refractivity contribution >= 4 is 45.5 Å². The van der Waals surface area contributed by atoms with Gasteiger partial charge in [-0.05, 0) is 30.9 Å². The second kappa shape index (κ2) is 9.29. The highest BCUT2D eigenvalue weighted by Gasteiger charge is 2.31. The molecule has 28 heavy (non-hydrogen) atoms. The Bertz CT molecular complexity index is 855. The minimum absolute atomic E-state index is 0.0652. The number of hydrogen-bond acceptors (Lipinski definition) is 6. The smallest absolute Gasteiger partial charge is 0.249 e. The molecule has 1 aliphatic carbocycles. The lowest BCUT2D eigenvalue weighted by atomic mass is 9.97. The van der Waals surface area contributed by atoms with Crippen molar-refractivity contribution < 1.29 is 14.4 Å².